The van der Waals surface area contributed by atoms with Gasteiger partial charge in [0.1, 0.15) is 0 Å². The molecule has 3 N–H and O–H groups in total. The van der Waals surface area contributed by atoms with Crippen molar-refractivity contribution in [2.75, 3.05) is 19.8 Å². The van der Waals surface area contributed by atoms with Gasteiger partial charge in [0.15, 0.2) is 0 Å². The average molecular weight is 146 g/mol. The molecule has 1 heterocycles. The Morgan fingerprint density at radius 3 is 3.00 bits per heavy atom. The molecule has 1 aliphatic heterocycles. The number of hydrogen-bond acceptors (Lipinski definition) is 2. The Hall–Kier alpha value is -0.150. The number of piperidine rings is 1. The van der Waals surface area contributed by atoms with E-state index in [1.807, 2.05) is 0 Å². The highest BCUT2D eigenvalue weighted by atomic mass is 19.1. The van der Waals surface area contributed by atoms with Gasteiger partial charge in [-0.2, -0.15) is 0 Å². The Morgan fingerprint density at radius 2 is 2.40 bits per heavy atom. The summed E-state index contributed by atoms with van der Waals surface area (Å²) in [6, 6.07) is 0.171. The van der Waals surface area contributed by atoms with E-state index in [0.29, 0.717) is 12.3 Å². The predicted molar refractivity (Wildman–Crippen MR) is 39.5 cm³/mol. The molecule has 60 valence electrons. The van der Waals surface area contributed by atoms with Gasteiger partial charge in [0.25, 0.3) is 0 Å². The van der Waals surface area contributed by atoms with Crippen LogP contribution >= 0.6 is 0 Å². The lowest BCUT2D eigenvalue weighted by Gasteiger charge is -2.28. The molecule has 0 aromatic heterocycles. The maximum Gasteiger partial charge on any atom is 0.0897 e. The Labute approximate surface area is 61.0 Å². The first-order valence-electron chi connectivity index (χ1n) is 3.87. The summed E-state index contributed by atoms with van der Waals surface area (Å²) < 4.78 is 11.9. The zero-order valence-corrected chi connectivity index (χ0v) is 6.15. The molecule has 2 unspecified atom stereocenters. The first kappa shape index (κ1) is 7.95. The summed E-state index contributed by atoms with van der Waals surface area (Å²) >= 11 is 0. The van der Waals surface area contributed by atoms with Crippen molar-refractivity contribution in [2.24, 2.45) is 11.7 Å². The molecular weight excluding hydrogens is 131 g/mol. The van der Waals surface area contributed by atoms with Crippen molar-refractivity contribution < 1.29 is 4.39 Å². The number of rotatable bonds is 2. The van der Waals surface area contributed by atoms with Gasteiger partial charge >= 0.3 is 0 Å². The molecule has 1 fully saturated rings. The number of alkyl halides is 1. The number of hydrogen-bond donors (Lipinski definition) is 2. The molecule has 0 aromatic carbocycles. The number of halogens is 1. The van der Waals surface area contributed by atoms with Gasteiger partial charge in [-0.15, -0.1) is 0 Å². The topological polar surface area (TPSA) is 38.0 Å². The summed E-state index contributed by atoms with van der Waals surface area (Å²) in [5, 5.41) is 3.18. The zero-order valence-electron chi connectivity index (χ0n) is 6.15. The molecule has 0 amide bonds. The fourth-order valence-corrected chi connectivity index (χ4v) is 1.44. The molecule has 0 bridgehead atoms. The van der Waals surface area contributed by atoms with Crippen LogP contribution in [0.15, 0.2) is 0 Å². The van der Waals surface area contributed by atoms with Crippen LogP contribution < -0.4 is 11.1 Å². The first-order valence-corrected chi connectivity index (χ1v) is 3.87. The lowest BCUT2D eigenvalue weighted by molar-refractivity contribution is 0.279. The van der Waals surface area contributed by atoms with Gasteiger partial charge in [-0.1, -0.05) is 0 Å². The van der Waals surface area contributed by atoms with Gasteiger partial charge in [0, 0.05) is 12.6 Å². The molecule has 1 aliphatic rings. The molecule has 0 saturated carbocycles. The highest BCUT2D eigenvalue weighted by Gasteiger charge is 2.20. The third-order valence-electron chi connectivity index (χ3n) is 2.16. The van der Waals surface area contributed by atoms with Crippen LogP contribution in [-0.2, 0) is 0 Å². The van der Waals surface area contributed by atoms with Crippen molar-refractivity contribution in [1.82, 2.24) is 5.32 Å². The van der Waals surface area contributed by atoms with Crippen LogP contribution in [0.5, 0.6) is 0 Å². The van der Waals surface area contributed by atoms with Crippen LogP contribution in [0.3, 0.4) is 0 Å². The monoisotopic (exact) mass is 146 g/mol. The van der Waals surface area contributed by atoms with E-state index in [-0.39, 0.29) is 12.7 Å². The third-order valence-corrected chi connectivity index (χ3v) is 2.16. The standard InChI is InChI=1S/C7H15FN2/c8-3-1-6-2-4-10-5-7(6)9/h6-7,10H,1-5,9H2. The van der Waals surface area contributed by atoms with Crippen molar-refractivity contribution in [3.63, 3.8) is 0 Å². The average Bonchev–Trinajstić information content (AvgIpc) is 1.94. The van der Waals surface area contributed by atoms with Gasteiger partial charge in [-0.05, 0) is 25.3 Å². The Balaban J connectivity index is 2.25. The van der Waals surface area contributed by atoms with E-state index in [0.717, 1.165) is 19.5 Å². The molecule has 0 spiro atoms. The lowest BCUT2D eigenvalue weighted by atomic mass is 9.91. The molecule has 2 atom stereocenters. The summed E-state index contributed by atoms with van der Waals surface area (Å²) in [6.07, 6.45) is 1.67. The molecule has 0 aromatic rings. The zero-order chi connectivity index (χ0) is 7.40. The van der Waals surface area contributed by atoms with Gasteiger partial charge in [0.05, 0.1) is 6.67 Å². The largest absolute Gasteiger partial charge is 0.326 e. The minimum absolute atomic E-state index is 0.171. The summed E-state index contributed by atoms with van der Waals surface area (Å²) in [7, 11) is 0. The second kappa shape index (κ2) is 3.88. The molecule has 1 rings (SSSR count). The second-order valence-electron chi connectivity index (χ2n) is 2.89. The van der Waals surface area contributed by atoms with E-state index in [1.165, 1.54) is 0 Å². The van der Waals surface area contributed by atoms with Crippen LogP contribution in [0.4, 0.5) is 4.39 Å². The van der Waals surface area contributed by atoms with Gasteiger partial charge < -0.3 is 11.1 Å². The highest BCUT2D eigenvalue weighted by molar-refractivity contribution is 4.80. The summed E-state index contributed by atoms with van der Waals surface area (Å²) in [4.78, 5) is 0. The predicted octanol–water partition coefficient (Wildman–Crippen LogP) is 0.283. The Kier molecular flexibility index (Phi) is 3.09. The first-order chi connectivity index (χ1) is 4.84. The lowest BCUT2D eigenvalue weighted by Crippen LogP contribution is -2.46. The van der Waals surface area contributed by atoms with Crippen molar-refractivity contribution in [2.45, 2.75) is 18.9 Å². The van der Waals surface area contributed by atoms with Crippen LogP contribution in [0.25, 0.3) is 0 Å². The van der Waals surface area contributed by atoms with Crippen molar-refractivity contribution >= 4 is 0 Å². The van der Waals surface area contributed by atoms with Crippen LogP contribution in [0.2, 0.25) is 0 Å². The molecule has 1 saturated heterocycles. The van der Waals surface area contributed by atoms with Crippen molar-refractivity contribution in [1.29, 1.82) is 0 Å². The second-order valence-corrected chi connectivity index (χ2v) is 2.89. The van der Waals surface area contributed by atoms with Crippen LogP contribution in [-0.4, -0.2) is 25.8 Å². The third kappa shape index (κ3) is 1.92. The smallest absolute Gasteiger partial charge is 0.0897 e. The minimum Gasteiger partial charge on any atom is -0.326 e. The van der Waals surface area contributed by atoms with Gasteiger partial charge in [-0.3, -0.25) is 4.39 Å². The quantitative estimate of drug-likeness (QED) is 0.587. The van der Waals surface area contributed by atoms with E-state index in [2.05, 4.69) is 5.32 Å². The molecule has 0 radical (unpaired) electrons. The van der Waals surface area contributed by atoms with E-state index in [4.69, 9.17) is 5.73 Å². The number of nitrogens with one attached hydrogen (secondary N) is 1. The maximum atomic E-state index is 11.9. The molecule has 0 aliphatic carbocycles. The van der Waals surface area contributed by atoms with Crippen LogP contribution in [0, 0.1) is 5.92 Å². The normalized spacial score (nSPS) is 34.2. The minimum atomic E-state index is -0.224. The van der Waals surface area contributed by atoms with E-state index < -0.39 is 0 Å². The molecule has 10 heavy (non-hydrogen) atoms. The van der Waals surface area contributed by atoms with Crippen molar-refractivity contribution in [3.8, 4) is 0 Å². The highest BCUT2D eigenvalue weighted by Crippen LogP contribution is 2.14. The SMILES string of the molecule is NC1CNCCC1CCF. The summed E-state index contributed by atoms with van der Waals surface area (Å²) in [6.45, 7) is 1.63. The van der Waals surface area contributed by atoms with E-state index in [9.17, 15) is 4.39 Å². The fraction of sp³-hybridized carbons (Fsp3) is 1.00. The number of nitrogens with two attached hydrogens (primary N) is 1. The molecule has 2 nitrogen and oxygen atoms in total. The van der Waals surface area contributed by atoms with Gasteiger partial charge in [-0.25, -0.2) is 0 Å². The summed E-state index contributed by atoms with van der Waals surface area (Å²) in [5.74, 6) is 0.409. The van der Waals surface area contributed by atoms with E-state index >= 15 is 0 Å². The molecule has 3 heteroatoms. The molecular formula is C7H15FN2. The Bertz CT molecular complexity index is 95.6. The van der Waals surface area contributed by atoms with Gasteiger partial charge in [0.2, 0.25) is 0 Å². The Morgan fingerprint density at radius 1 is 1.60 bits per heavy atom. The summed E-state index contributed by atoms with van der Waals surface area (Å²) in [5.41, 5.74) is 5.74. The van der Waals surface area contributed by atoms with E-state index in [1.54, 1.807) is 0 Å². The maximum absolute atomic E-state index is 11.9. The van der Waals surface area contributed by atoms with Crippen LogP contribution in [0.1, 0.15) is 12.8 Å². The fourth-order valence-electron chi connectivity index (χ4n) is 1.44. The van der Waals surface area contributed by atoms with Crippen molar-refractivity contribution in [3.05, 3.63) is 0 Å².